The number of nitrogens with zero attached hydrogens (tertiary/aromatic N) is 11. The number of nitrogens with two attached hydrogens (primary N) is 2. The molecule has 1 atom stereocenters. The molecule has 0 fully saturated rings. The standard InChI is InChI=1S/C57H72N14O11/c1-10-69-42(26-34(4)64-69)52-60-33-40-39-29-37(50(58)73)31-45(80-25-24-78-23-22-77-21-16-47(72)82-57(7,8)9)48(39)67(53(40)62-52)17-13-14-18-68-49-41(61-56(68)63-54(75)43-27-35(5)65-70(43)11-2)30-38(51(59)74)32-46(49)79-19-15-20-81-55(76)44-28-36(6)66-71(44)12-3/h13-14,26-27,29-33,44H,10-12,15-25,28H2,1-9H3,(H2,58,73)(H2,59,74)(H,61,63,75)/b14-13+. The average molecular weight is 1130 g/mol. The molecule has 7 aromatic rings. The smallest absolute Gasteiger partial charge is 0.330 e. The van der Waals surface area contributed by atoms with Crippen LogP contribution in [0.1, 0.15) is 110 Å². The number of benzene rings is 2. The number of anilines is 1. The highest BCUT2D eigenvalue weighted by molar-refractivity contribution is 6.12. The second-order valence-electron chi connectivity index (χ2n) is 20.5. The molecular weight excluding hydrogens is 1060 g/mol. The molecule has 0 bridgehead atoms. The third kappa shape index (κ3) is 14.1. The average Bonchev–Trinajstić information content (AvgIpc) is 3.73. The maximum atomic E-state index is 14.1. The van der Waals surface area contributed by atoms with Crippen LogP contribution in [0.4, 0.5) is 5.95 Å². The van der Waals surface area contributed by atoms with E-state index >= 15 is 0 Å². The lowest BCUT2D eigenvalue weighted by Gasteiger charge is -2.20. The molecule has 25 nitrogen and oxygen atoms in total. The number of allylic oxidation sites excluding steroid dienone is 2. The number of rotatable bonds is 28. The molecule has 0 saturated carbocycles. The van der Waals surface area contributed by atoms with E-state index in [4.69, 9.17) is 54.8 Å². The Labute approximate surface area is 473 Å². The third-order valence-electron chi connectivity index (χ3n) is 13.1. The summed E-state index contributed by atoms with van der Waals surface area (Å²) in [6.45, 7) is 19.7. The lowest BCUT2D eigenvalue weighted by Crippen LogP contribution is -2.36. The van der Waals surface area contributed by atoms with Gasteiger partial charge in [0, 0.05) is 79.4 Å². The zero-order valence-electron chi connectivity index (χ0n) is 47.9. The quantitative estimate of drug-likeness (QED) is 0.0276. The molecule has 8 rings (SSSR count). The van der Waals surface area contributed by atoms with Gasteiger partial charge in [0.2, 0.25) is 17.8 Å². The van der Waals surface area contributed by atoms with E-state index in [2.05, 4.69) is 20.6 Å². The van der Waals surface area contributed by atoms with Gasteiger partial charge in [-0.1, -0.05) is 12.2 Å². The monoisotopic (exact) mass is 1130 g/mol. The summed E-state index contributed by atoms with van der Waals surface area (Å²) in [7, 11) is 0. The molecule has 0 spiro atoms. The van der Waals surface area contributed by atoms with Crippen LogP contribution in [0.5, 0.6) is 11.5 Å². The second kappa shape index (κ2) is 26.3. The highest BCUT2D eigenvalue weighted by atomic mass is 16.6. The molecular formula is C57H72N14O11. The van der Waals surface area contributed by atoms with Crippen molar-refractivity contribution < 1.29 is 52.4 Å². The number of carbonyl (C=O) groups is 5. The molecule has 5 N–H and O–H groups in total. The first-order chi connectivity index (χ1) is 39.3. The van der Waals surface area contributed by atoms with E-state index in [1.807, 2.05) is 62.1 Å². The van der Waals surface area contributed by atoms with E-state index < -0.39 is 29.4 Å². The first-order valence-electron chi connectivity index (χ1n) is 27.4. The maximum Gasteiger partial charge on any atom is 0.330 e. The summed E-state index contributed by atoms with van der Waals surface area (Å²) in [5, 5.41) is 19.4. The molecule has 1 unspecified atom stereocenters. The molecule has 2 aromatic carbocycles. The number of hydrogen-bond acceptors (Lipinski definition) is 18. The number of amides is 3. The van der Waals surface area contributed by atoms with Gasteiger partial charge in [0.25, 0.3) is 5.91 Å². The van der Waals surface area contributed by atoms with Gasteiger partial charge in [0.15, 0.2) is 5.82 Å². The summed E-state index contributed by atoms with van der Waals surface area (Å²) < 4.78 is 42.3. The largest absolute Gasteiger partial charge is 0.491 e. The van der Waals surface area contributed by atoms with Crippen LogP contribution in [-0.2, 0) is 54.7 Å². The van der Waals surface area contributed by atoms with Crippen molar-refractivity contribution in [1.82, 2.24) is 48.7 Å². The fourth-order valence-electron chi connectivity index (χ4n) is 9.54. The first-order valence-corrected chi connectivity index (χ1v) is 27.4. The van der Waals surface area contributed by atoms with E-state index in [-0.39, 0.29) is 101 Å². The number of nitrogens with one attached hydrogen (secondary N) is 1. The first kappa shape index (κ1) is 59.4. The number of ether oxygens (including phenoxy) is 6. The Morgan fingerprint density at radius 3 is 2.06 bits per heavy atom. The van der Waals surface area contributed by atoms with Crippen LogP contribution >= 0.6 is 0 Å². The Hall–Kier alpha value is -8.71. The molecule has 0 radical (unpaired) electrons. The number of imidazole rings is 1. The van der Waals surface area contributed by atoms with Gasteiger partial charge in [-0.05, 0) is 98.7 Å². The fourth-order valence-corrected chi connectivity index (χ4v) is 9.54. The molecule has 0 saturated heterocycles. The van der Waals surface area contributed by atoms with Gasteiger partial charge < -0.3 is 49.0 Å². The molecule has 82 heavy (non-hydrogen) atoms. The highest BCUT2D eigenvalue weighted by Gasteiger charge is 2.31. The van der Waals surface area contributed by atoms with Crippen LogP contribution in [0.3, 0.4) is 0 Å². The number of hydrogen-bond donors (Lipinski definition) is 3. The third-order valence-corrected chi connectivity index (χ3v) is 13.1. The van der Waals surface area contributed by atoms with Gasteiger partial charge in [-0.25, -0.2) is 19.7 Å². The highest BCUT2D eigenvalue weighted by Crippen LogP contribution is 2.37. The number of aryl methyl sites for hydroxylation is 4. The van der Waals surface area contributed by atoms with Crippen molar-refractivity contribution in [3.63, 3.8) is 0 Å². The van der Waals surface area contributed by atoms with Crippen molar-refractivity contribution in [3.05, 3.63) is 83.0 Å². The SMILES string of the molecule is CCN1N=C(C)CC1C(=O)OCCCOc1cc(C(N)=O)cc2nc(NC(=O)c3cc(C)nn3CC)n(C/C=C/Cn3c4nc(-c5cc(C)nn5CC)ncc4c4cc(C(N)=O)cc(OCCOCCOCCC(=O)OC(C)(C)C)c43)c12. The Balaban J connectivity index is 1.11. The lowest BCUT2D eigenvalue weighted by molar-refractivity contribution is -0.156. The van der Waals surface area contributed by atoms with E-state index in [1.165, 1.54) is 12.1 Å². The van der Waals surface area contributed by atoms with Crippen LogP contribution in [0, 0.1) is 13.8 Å². The zero-order chi connectivity index (χ0) is 58.8. The van der Waals surface area contributed by atoms with Crippen LogP contribution in [0.15, 0.2) is 59.8 Å². The number of likely N-dealkylation sites (N-methyl/N-ethyl adjacent to an activating group) is 1. The van der Waals surface area contributed by atoms with Crippen molar-refractivity contribution in [2.75, 3.05) is 58.1 Å². The summed E-state index contributed by atoms with van der Waals surface area (Å²) in [5.41, 5.74) is 16.7. The number of aromatic nitrogens is 9. The molecule has 0 aliphatic carbocycles. The number of hydrazone groups is 1. The van der Waals surface area contributed by atoms with Gasteiger partial charge in [-0.15, -0.1) is 0 Å². The predicted octanol–water partition coefficient (Wildman–Crippen LogP) is 6.28. The topological polar surface area (TPSA) is 305 Å². The molecule has 1 aliphatic heterocycles. The molecule has 25 heteroatoms. The van der Waals surface area contributed by atoms with E-state index in [0.717, 1.165) is 11.4 Å². The van der Waals surface area contributed by atoms with Crippen molar-refractivity contribution >= 4 is 74.3 Å². The minimum atomic E-state index is -0.720. The fraction of sp³-hybridized carbons (Fsp3) is 0.456. The Kier molecular flexibility index (Phi) is 19.0. The number of esters is 2. The van der Waals surface area contributed by atoms with Gasteiger partial charge >= 0.3 is 11.9 Å². The van der Waals surface area contributed by atoms with Crippen molar-refractivity contribution in [1.29, 1.82) is 0 Å². The lowest BCUT2D eigenvalue weighted by atomic mass is 10.1. The predicted molar refractivity (Wildman–Crippen MR) is 306 cm³/mol. The normalized spacial score (nSPS) is 13.6. The summed E-state index contributed by atoms with van der Waals surface area (Å²) in [5.74, 6) is -1.43. The zero-order valence-corrected chi connectivity index (χ0v) is 47.9. The van der Waals surface area contributed by atoms with Gasteiger partial charge in [0.1, 0.15) is 52.3 Å². The number of primary amides is 2. The van der Waals surface area contributed by atoms with Crippen LogP contribution < -0.4 is 26.3 Å². The Bertz CT molecular complexity index is 3570. The van der Waals surface area contributed by atoms with Crippen LogP contribution in [-0.4, -0.2) is 148 Å². The molecule has 3 amide bonds. The van der Waals surface area contributed by atoms with Crippen LogP contribution in [0.2, 0.25) is 0 Å². The number of carbonyl (C=O) groups excluding carboxylic acids is 5. The summed E-state index contributed by atoms with van der Waals surface area (Å²) in [6.07, 6.45) is 6.41. The second-order valence-corrected chi connectivity index (χ2v) is 20.5. The summed E-state index contributed by atoms with van der Waals surface area (Å²) in [4.78, 5) is 79.6. The van der Waals surface area contributed by atoms with Gasteiger partial charge in [0.05, 0.1) is 68.5 Å². The van der Waals surface area contributed by atoms with Crippen molar-refractivity contribution in [3.8, 4) is 23.0 Å². The van der Waals surface area contributed by atoms with Crippen molar-refractivity contribution in [2.45, 2.75) is 119 Å². The maximum absolute atomic E-state index is 14.1. The Morgan fingerprint density at radius 2 is 1.37 bits per heavy atom. The molecule has 5 aromatic heterocycles. The van der Waals surface area contributed by atoms with Crippen LogP contribution in [0.25, 0.3) is 44.5 Å². The van der Waals surface area contributed by atoms with E-state index in [0.29, 0.717) is 94.1 Å². The molecule has 1 aliphatic rings. The molecule has 436 valence electrons. The molecule has 6 heterocycles. The minimum absolute atomic E-state index is 0.0647. The van der Waals surface area contributed by atoms with Gasteiger partial charge in [-0.2, -0.15) is 15.3 Å². The van der Waals surface area contributed by atoms with E-state index in [9.17, 15) is 24.0 Å². The Morgan fingerprint density at radius 1 is 0.720 bits per heavy atom. The van der Waals surface area contributed by atoms with Gasteiger partial charge in [-0.3, -0.25) is 38.9 Å². The van der Waals surface area contributed by atoms with Crippen molar-refractivity contribution in [2.24, 2.45) is 16.6 Å². The number of fused-ring (bicyclic) bond motifs is 4. The minimum Gasteiger partial charge on any atom is -0.491 e. The summed E-state index contributed by atoms with van der Waals surface area (Å²) >= 11 is 0. The van der Waals surface area contributed by atoms with E-state index in [1.54, 1.807) is 66.3 Å². The summed E-state index contributed by atoms with van der Waals surface area (Å²) in [6, 6.07) is 9.44.